The Morgan fingerprint density at radius 3 is 2.83 bits per heavy atom. The molecular formula is C15H12F3N5O. The van der Waals surface area contributed by atoms with Crippen LogP contribution in [-0.4, -0.2) is 38.9 Å². The molecule has 1 saturated heterocycles. The molecule has 3 heterocycles. The van der Waals surface area contributed by atoms with E-state index < -0.39 is 11.7 Å². The third kappa shape index (κ3) is 2.19. The number of tetrazole rings is 1. The highest BCUT2D eigenvalue weighted by molar-refractivity contribution is 5.89. The summed E-state index contributed by atoms with van der Waals surface area (Å²) in [5, 5.41) is 10.8. The first-order chi connectivity index (χ1) is 11.5. The number of hydrogen-bond donors (Lipinski definition) is 0. The number of alkyl halides is 3. The van der Waals surface area contributed by atoms with Gasteiger partial charge in [-0.1, -0.05) is 0 Å². The van der Waals surface area contributed by atoms with Gasteiger partial charge in [-0.2, -0.15) is 17.7 Å². The normalized spacial score (nSPS) is 18.6. The Labute approximate surface area is 133 Å². The molecule has 6 nitrogen and oxygen atoms in total. The molecular weight excluding hydrogens is 323 g/mol. The average Bonchev–Trinajstić information content (AvgIpc) is 3.21. The predicted octanol–water partition coefficient (Wildman–Crippen LogP) is 2.46. The molecule has 1 atom stereocenters. The minimum Gasteiger partial charge on any atom is -0.362 e. The van der Waals surface area contributed by atoms with Gasteiger partial charge >= 0.3 is 6.18 Å². The van der Waals surface area contributed by atoms with Crippen LogP contribution >= 0.6 is 0 Å². The van der Waals surface area contributed by atoms with Crippen LogP contribution in [0.1, 0.15) is 18.4 Å². The highest BCUT2D eigenvalue weighted by Gasteiger charge is 2.34. The number of aldehydes is 1. The van der Waals surface area contributed by atoms with E-state index in [9.17, 15) is 18.0 Å². The summed E-state index contributed by atoms with van der Waals surface area (Å²) < 4.78 is 41.6. The number of rotatable bonds is 2. The summed E-state index contributed by atoms with van der Waals surface area (Å²) in [6.45, 7) is 0.642. The molecule has 1 fully saturated rings. The molecule has 24 heavy (non-hydrogen) atoms. The van der Waals surface area contributed by atoms with Gasteiger partial charge in [0.15, 0.2) is 5.65 Å². The molecule has 1 aliphatic heterocycles. The lowest BCUT2D eigenvalue weighted by molar-refractivity contribution is -0.136. The number of pyridine rings is 1. The molecule has 0 bridgehead atoms. The van der Waals surface area contributed by atoms with Gasteiger partial charge < -0.3 is 9.69 Å². The van der Waals surface area contributed by atoms with Gasteiger partial charge in [0.25, 0.3) is 0 Å². The SMILES string of the molecule is O=C[C@H]1CCCN1c1ccc2c(c1)c(C(F)(F)F)cc1nnnn12. The molecule has 0 unspecified atom stereocenters. The maximum Gasteiger partial charge on any atom is 0.417 e. The first-order valence-corrected chi connectivity index (χ1v) is 7.43. The second-order valence-electron chi connectivity index (χ2n) is 5.75. The number of benzene rings is 1. The summed E-state index contributed by atoms with van der Waals surface area (Å²) >= 11 is 0. The van der Waals surface area contributed by atoms with Crippen LogP contribution in [0.3, 0.4) is 0 Å². The molecule has 3 aromatic rings. The molecule has 2 aromatic heterocycles. The molecule has 9 heteroatoms. The number of hydrogen-bond acceptors (Lipinski definition) is 5. The van der Waals surface area contributed by atoms with Crippen LogP contribution in [0.25, 0.3) is 16.6 Å². The molecule has 0 amide bonds. The van der Waals surface area contributed by atoms with Crippen LogP contribution in [-0.2, 0) is 11.0 Å². The van der Waals surface area contributed by atoms with Gasteiger partial charge in [-0.15, -0.1) is 5.10 Å². The topological polar surface area (TPSA) is 63.4 Å². The largest absolute Gasteiger partial charge is 0.417 e. The number of halogens is 3. The van der Waals surface area contributed by atoms with Crippen molar-refractivity contribution in [1.29, 1.82) is 0 Å². The Kier molecular flexibility index (Phi) is 3.19. The maximum atomic E-state index is 13.5. The molecule has 124 valence electrons. The molecule has 0 saturated carbocycles. The summed E-state index contributed by atoms with van der Waals surface area (Å²) in [5.74, 6) is 0. The molecule has 1 aromatic carbocycles. The number of carbonyl (C=O) groups is 1. The maximum absolute atomic E-state index is 13.5. The van der Waals surface area contributed by atoms with Gasteiger partial charge in [0, 0.05) is 17.6 Å². The number of nitrogens with zero attached hydrogens (tertiary/aromatic N) is 5. The Hall–Kier alpha value is -2.71. The van der Waals surface area contributed by atoms with E-state index in [0.717, 1.165) is 18.8 Å². The van der Waals surface area contributed by atoms with E-state index in [0.29, 0.717) is 18.7 Å². The summed E-state index contributed by atoms with van der Waals surface area (Å²) in [6.07, 6.45) is -2.15. The van der Waals surface area contributed by atoms with Gasteiger partial charge in [0.05, 0.1) is 17.1 Å². The number of anilines is 1. The molecule has 0 aliphatic carbocycles. The van der Waals surface area contributed by atoms with Crippen LogP contribution in [0.4, 0.5) is 18.9 Å². The number of fused-ring (bicyclic) bond motifs is 3. The monoisotopic (exact) mass is 335 g/mol. The van der Waals surface area contributed by atoms with Crippen molar-refractivity contribution in [1.82, 2.24) is 20.0 Å². The highest BCUT2D eigenvalue weighted by atomic mass is 19.4. The minimum atomic E-state index is -4.53. The van der Waals surface area contributed by atoms with Crippen molar-refractivity contribution < 1.29 is 18.0 Å². The van der Waals surface area contributed by atoms with E-state index in [4.69, 9.17) is 0 Å². The molecule has 0 spiro atoms. The van der Waals surface area contributed by atoms with Gasteiger partial charge in [-0.25, -0.2) is 0 Å². The zero-order valence-corrected chi connectivity index (χ0v) is 12.4. The smallest absolute Gasteiger partial charge is 0.362 e. The molecule has 0 N–H and O–H groups in total. The van der Waals surface area contributed by atoms with Crippen LogP contribution in [0.2, 0.25) is 0 Å². The van der Waals surface area contributed by atoms with Gasteiger partial charge in [0.2, 0.25) is 0 Å². The van der Waals surface area contributed by atoms with E-state index in [1.54, 1.807) is 12.1 Å². The van der Waals surface area contributed by atoms with Gasteiger partial charge in [-0.3, -0.25) is 0 Å². The summed E-state index contributed by atoms with van der Waals surface area (Å²) in [6, 6.07) is 5.36. The van der Waals surface area contributed by atoms with Crippen molar-refractivity contribution in [2.24, 2.45) is 0 Å². The molecule has 0 radical (unpaired) electrons. The van der Waals surface area contributed by atoms with Crippen LogP contribution < -0.4 is 4.90 Å². The quantitative estimate of drug-likeness (QED) is 0.673. The van der Waals surface area contributed by atoms with Crippen LogP contribution in [0.5, 0.6) is 0 Å². The second-order valence-corrected chi connectivity index (χ2v) is 5.75. The molecule has 1 aliphatic rings. The Bertz CT molecular complexity index is 936. The van der Waals surface area contributed by atoms with Crippen molar-refractivity contribution in [3.8, 4) is 0 Å². The van der Waals surface area contributed by atoms with Crippen LogP contribution in [0, 0.1) is 0 Å². The molecule has 4 rings (SSSR count). The third-order valence-corrected chi connectivity index (χ3v) is 4.36. The minimum absolute atomic E-state index is 0.0105. The lowest BCUT2D eigenvalue weighted by atomic mass is 10.1. The summed E-state index contributed by atoms with van der Waals surface area (Å²) in [4.78, 5) is 13.0. The fourth-order valence-electron chi connectivity index (χ4n) is 3.25. The summed E-state index contributed by atoms with van der Waals surface area (Å²) in [7, 11) is 0. The zero-order valence-electron chi connectivity index (χ0n) is 12.4. The van der Waals surface area contributed by atoms with Crippen molar-refractivity contribution >= 4 is 28.5 Å². The fraction of sp³-hybridized carbons (Fsp3) is 0.333. The van der Waals surface area contributed by atoms with Gasteiger partial charge in [-0.05, 0) is 47.5 Å². The number of aromatic nitrogens is 4. The summed E-state index contributed by atoms with van der Waals surface area (Å²) in [5.41, 5.74) is 0.114. The van der Waals surface area contributed by atoms with Crippen molar-refractivity contribution in [2.45, 2.75) is 25.1 Å². The fourth-order valence-corrected chi connectivity index (χ4v) is 3.25. The highest BCUT2D eigenvalue weighted by Crippen LogP contribution is 2.37. The lowest BCUT2D eigenvalue weighted by Gasteiger charge is -2.23. The third-order valence-electron chi connectivity index (χ3n) is 4.36. The number of carbonyl (C=O) groups excluding carboxylic acids is 1. The standard InChI is InChI=1S/C15H12F3N5O/c16-15(17,18)12-7-14-19-20-21-23(14)13-4-3-9(6-11(12)13)22-5-1-2-10(22)8-24/h3-4,6-8,10H,1-2,5H2/t10-/m1/s1. The average molecular weight is 335 g/mol. The zero-order chi connectivity index (χ0) is 16.9. The predicted molar refractivity (Wildman–Crippen MR) is 79.7 cm³/mol. The van der Waals surface area contributed by atoms with E-state index in [1.165, 1.54) is 10.6 Å². The van der Waals surface area contributed by atoms with E-state index >= 15 is 0 Å². The van der Waals surface area contributed by atoms with Crippen molar-refractivity contribution in [3.05, 3.63) is 29.8 Å². The Morgan fingerprint density at radius 2 is 2.08 bits per heavy atom. The first kappa shape index (κ1) is 14.9. The van der Waals surface area contributed by atoms with E-state index in [-0.39, 0.29) is 22.6 Å². The van der Waals surface area contributed by atoms with E-state index in [1.807, 2.05) is 4.90 Å². The second kappa shape index (κ2) is 5.15. The van der Waals surface area contributed by atoms with Crippen molar-refractivity contribution in [3.63, 3.8) is 0 Å². The Balaban J connectivity index is 1.98. The lowest BCUT2D eigenvalue weighted by Crippen LogP contribution is -2.30. The first-order valence-electron chi connectivity index (χ1n) is 7.43. The Morgan fingerprint density at radius 1 is 1.25 bits per heavy atom. The van der Waals surface area contributed by atoms with Crippen LogP contribution in [0.15, 0.2) is 24.3 Å². The van der Waals surface area contributed by atoms with E-state index in [2.05, 4.69) is 15.5 Å². The van der Waals surface area contributed by atoms with Gasteiger partial charge in [0.1, 0.15) is 6.29 Å². The van der Waals surface area contributed by atoms with Crippen molar-refractivity contribution in [2.75, 3.05) is 11.4 Å².